The van der Waals surface area contributed by atoms with E-state index in [1.807, 2.05) is 30.3 Å². The smallest absolute Gasteiger partial charge is 0.318 e. The lowest BCUT2D eigenvalue weighted by atomic mass is 10.1. The molecule has 0 aliphatic carbocycles. The molecule has 0 unspecified atom stereocenters. The fraction of sp³-hybridized carbons (Fsp3) is 0.375. The van der Waals surface area contributed by atoms with Gasteiger partial charge in [-0.25, -0.2) is 4.39 Å². The molecule has 31 heavy (non-hydrogen) atoms. The van der Waals surface area contributed by atoms with Crippen molar-refractivity contribution in [2.24, 2.45) is 0 Å². The molecule has 2 aromatic carbocycles. The predicted molar refractivity (Wildman–Crippen MR) is 116 cm³/mol. The molecule has 7 heteroatoms. The van der Waals surface area contributed by atoms with E-state index < -0.39 is 11.9 Å². The number of anilines is 1. The number of nitrogens with one attached hydrogen (secondary N) is 1. The number of benzene rings is 2. The first-order valence-electron chi connectivity index (χ1n) is 10.8. The first-order valence-corrected chi connectivity index (χ1v) is 10.8. The van der Waals surface area contributed by atoms with Gasteiger partial charge in [0.25, 0.3) is 0 Å². The summed E-state index contributed by atoms with van der Waals surface area (Å²) in [6.07, 6.45) is 5.08. The number of carbonyl (C=O) groups excluding carboxylic acids is 1. The summed E-state index contributed by atoms with van der Waals surface area (Å²) in [5.74, 6) is -0.316. The van der Waals surface area contributed by atoms with Crippen LogP contribution < -0.4 is 10.2 Å². The second kappa shape index (κ2) is 10.2. The number of hydrogen-bond acceptors (Lipinski definition) is 5. The van der Waals surface area contributed by atoms with Gasteiger partial charge in [-0.1, -0.05) is 66.5 Å². The third-order valence-electron chi connectivity index (χ3n) is 5.53. The van der Waals surface area contributed by atoms with Crippen LogP contribution in [0.25, 0.3) is 0 Å². The molecule has 1 N–H and O–H groups in total. The van der Waals surface area contributed by atoms with E-state index in [1.165, 1.54) is 18.9 Å². The van der Waals surface area contributed by atoms with Gasteiger partial charge in [0.2, 0.25) is 11.8 Å². The van der Waals surface area contributed by atoms with Crippen molar-refractivity contribution in [3.05, 3.63) is 77.4 Å². The van der Waals surface area contributed by atoms with Gasteiger partial charge in [-0.2, -0.15) is 0 Å². The van der Waals surface area contributed by atoms with Crippen LogP contribution in [0.3, 0.4) is 0 Å². The van der Waals surface area contributed by atoms with Crippen molar-refractivity contribution in [2.45, 2.75) is 44.6 Å². The van der Waals surface area contributed by atoms with Crippen LogP contribution in [-0.2, 0) is 17.6 Å². The van der Waals surface area contributed by atoms with E-state index in [2.05, 4.69) is 20.4 Å². The largest absolute Gasteiger partial charge is 0.406 e. The van der Waals surface area contributed by atoms with Gasteiger partial charge in [0.05, 0.1) is 6.42 Å². The van der Waals surface area contributed by atoms with Crippen LogP contribution >= 0.6 is 0 Å². The number of hydrogen-bond donors (Lipinski definition) is 1. The van der Waals surface area contributed by atoms with Gasteiger partial charge in [0.1, 0.15) is 11.9 Å². The van der Waals surface area contributed by atoms with Crippen LogP contribution in [0.15, 0.2) is 59.0 Å². The van der Waals surface area contributed by atoms with E-state index in [1.54, 1.807) is 18.2 Å². The number of rotatable bonds is 7. The monoisotopic (exact) mass is 422 g/mol. The highest BCUT2D eigenvalue weighted by Crippen LogP contribution is 2.23. The topological polar surface area (TPSA) is 71.3 Å². The first kappa shape index (κ1) is 21.0. The average molecular weight is 423 g/mol. The number of carbonyl (C=O) groups is 1. The Labute approximate surface area is 181 Å². The van der Waals surface area contributed by atoms with E-state index in [4.69, 9.17) is 4.42 Å². The molecule has 3 aromatic rings. The Hall–Kier alpha value is -3.22. The van der Waals surface area contributed by atoms with Crippen molar-refractivity contribution in [1.82, 2.24) is 15.5 Å². The van der Waals surface area contributed by atoms with Crippen molar-refractivity contribution in [3.8, 4) is 0 Å². The molecule has 6 nitrogen and oxygen atoms in total. The molecule has 1 aromatic heterocycles. The normalized spacial score (nSPS) is 15.3. The first-order chi connectivity index (χ1) is 15.2. The lowest BCUT2D eigenvalue weighted by Gasteiger charge is -2.18. The molecule has 1 saturated heterocycles. The Kier molecular flexibility index (Phi) is 6.92. The van der Waals surface area contributed by atoms with Crippen molar-refractivity contribution in [2.75, 3.05) is 18.0 Å². The van der Waals surface area contributed by atoms with Gasteiger partial charge >= 0.3 is 6.01 Å². The fourth-order valence-electron chi connectivity index (χ4n) is 3.87. The van der Waals surface area contributed by atoms with Gasteiger partial charge in [-0.05, 0) is 30.0 Å². The Morgan fingerprint density at radius 2 is 1.71 bits per heavy atom. The van der Waals surface area contributed by atoms with E-state index >= 15 is 0 Å². The van der Waals surface area contributed by atoms with E-state index in [-0.39, 0.29) is 12.3 Å². The highest BCUT2D eigenvalue weighted by molar-refractivity contribution is 5.79. The minimum Gasteiger partial charge on any atom is -0.406 e. The standard InChI is InChI=1S/C24H27FN4O2/c25-20-13-7-6-12-19(20)17-22(30)26-21(16-18-10-4-3-5-11-18)23-27-28-24(31-23)29-14-8-1-2-9-15-29/h3-7,10-13,21H,1-2,8-9,14-17H2,(H,26,30)/t21-/m0/s1. The third kappa shape index (κ3) is 5.69. The SMILES string of the molecule is O=C(Cc1ccccc1F)N[C@@H](Cc1ccccc1)c1nnc(N2CCCCCC2)o1. The average Bonchev–Trinajstić information content (AvgIpc) is 3.11. The Bertz CT molecular complexity index is 984. The summed E-state index contributed by atoms with van der Waals surface area (Å²) in [6, 6.07) is 16.1. The molecule has 2 heterocycles. The maximum absolute atomic E-state index is 14.0. The van der Waals surface area contributed by atoms with Crippen LogP contribution in [0, 0.1) is 5.82 Å². The summed E-state index contributed by atoms with van der Waals surface area (Å²) in [6.45, 7) is 1.79. The molecular formula is C24H27FN4O2. The van der Waals surface area contributed by atoms with Crippen LogP contribution in [0.2, 0.25) is 0 Å². The molecule has 162 valence electrons. The Morgan fingerprint density at radius 1 is 1.00 bits per heavy atom. The zero-order valence-corrected chi connectivity index (χ0v) is 17.5. The van der Waals surface area contributed by atoms with Crippen molar-refractivity contribution in [3.63, 3.8) is 0 Å². The van der Waals surface area contributed by atoms with Crippen LogP contribution in [0.1, 0.15) is 48.7 Å². The maximum Gasteiger partial charge on any atom is 0.318 e. The van der Waals surface area contributed by atoms with Gasteiger partial charge in [0.15, 0.2) is 0 Å². The molecule has 4 rings (SSSR count). The molecule has 0 saturated carbocycles. The molecule has 1 atom stereocenters. The van der Waals surface area contributed by atoms with Gasteiger partial charge in [0, 0.05) is 19.5 Å². The molecule has 1 aliphatic rings. The molecule has 0 radical (unpaired) electrons. The lowest BCUT2D eigenvalue weighted by molar-refractivity contribution is -0.121. The predicted octanol–water partition coefficient (Wildman–Crippen LogP) is 4.23. The second-order valence-corrected chi connectivity index (χ2v) is 7.90. The van der Waals surface area contributed by atoms with E-state index in [0.717, 1.165) is 31.5 Å². The van der Waals surface area contributed by atoms with Crippen molar-refractivity contribution >= 4 is 11.9 Å². The zero-order valence-electron chi connectivity index (χ0n) is 17.5. The number of amides is 1. The minimum absolute atomic E-state index is 0.0505. The molecule has 0 bridgehead atoms. The Balaban J connectivity index is 1.51. The van der Waals surface area contributed by atoms with Crippen molar-refractivity contribution < 1.29 is 13.6 Å². The van der Waals surface area contributed by atoms with Gasteiger partial charge < -0.3 is 14.6 Å². The van der Waals surface area contributed by atoms with Crippen LogP contribution in [0.4, 0.5) is 10.4 Å². The third-order valence-corrected chi connectivity index (χ3v) is 5.53. The minimum atomic E-state index is -0.491. The summed E-state index contributed by atoms with van der Waals surface area (Å²) < 4.78 is 20.0. The van der Waals surface area contributed by atoms with Crippen molar-refractivity contribution in [1.29, 1.82) is 0 Å². The highest BCUT2D eigenvalue weighted by Gasteiger charge is 2.24. The van der Waals surface area contributed by atoms with E-state index in [9.17, 15) is 9.18 Å². The number of aromatic nitrogens is 2. The van der Waals surface area contributed by atoms with Gasteiger partial charge in [-0.15, -0.1) is 5.10 Å². The van der Waals surface area contributed by atoms with Gasteiger partial charge in [-0.3, -0.25) is 4.79 Å². The summed E-state index contributed by atoms with van der Waals surface area (Å²) in [4.78, 5) is 14.8. The summed E-state index contributed by atoms with van der Waals surface area (Å²) in [5, 5.41) is 11.5. The number of halogens is 1. The second-order valence-electron chi connectivity index (χ2n) is 7.90. The molecule has 1 fully saturated rings. The number of nitrogens with zero attached hydrogens (tertiary/aromatic N) is 3. The van der Waals surface area contributed by atoms with Crippen LogP contribution in [0.5, 0.6) is 0 Å². The molecule has 1 aliphatic heterocycles. The zero-order chi connectivity index (χ0) is 21.5. The fourth-order valence-corrected chi connectivity index (χ4v) is 3.87. The van der Waals surface area contributed by atoms with Crippen LogP contribution in [-0.4, -0.2) is 29.2 Å². The molecule has 1 amide bonds. The molecule has 0 spiro atoms. The summed E-state index contributed by atoms with van der Waals surface area (Å²) in [5.41, 5.74) is 1.39. The lowest BCUT2D eigenvalue weighted by Crippen LogP contribution is -2.31. The summed E-state index contributed by atoms with van der Waals surface area (Å²) in [7, 11) is 0. The summed E-state index contributed by atoms with van der Waals surface area (Å²) >= 11 is 0. The highest BCUT2D eigenvalue weighted by atomic mass is 19.1. The maximum atomic E-state index is 14.0. The Morgan fingerprint density at radius 3 is 2.45 bits per heavy atom. The molecular weight excluding hydrogens is 395 g/mol. The quantitative estimate of drug-likeness (QED) is 0.617. The van der Waals surface area contributed by atoms with E-state index in [0.29, 0.717) is 23.9 Å².